The number of alkyl halides is 1. The minimum atomic E-state index is -0.500. The molecule has 1 aromatic carbocycles. The molecular weight excluding hydrogens is 278 g/mol. The number of rotatable bonds is 3. The number of carbonyl (C=O) groups excluding carboxylic acids is 1. The van der Waals surface area contributed by atoms with Crippen molar-refractivity contribution >= 4 is 23.8 Å². The van der Waals surface area contributed by atoms with Gasteiger partial charge in [0.2, 0.25) is 0 Å². The maximum atomic E-state index is 11.8. The van der Waals surface area contributed by atoms with Crippen LogP contribution in [0.15, 0.2) is 40.8 Å². The van der Waals surface area contributed by atoms with E-state index in [9.17, 15) is 4.79 Å². The van der Waals surface area contributed by atoms with Crippen LogP contribution in [0.25, 0.3) is 0 Å². The molecule has 1 atom stereocenters. The molecule has 0 aromatic heterocycles. The number of aliphatic imine (C=N–C) groups is 1. The molecule has 0 bridgehead atoms. The van der Waals surface area contributed by atoms with E-state index in [0.717, 1.165) is 11.1 Å². The van der Waals surface area contributed by atoms with Crippen molar-refractivity contribution in [1.82, 2.24) is 4.90 Å². The molecule has 106 valence electrons. The summed E-state index contributed by atoms with van der Waals surface area (Å²) in [4.78, 5) is 17.6. The van der Waals surface area contributed by atoms with Gasteiger partial charge in [-0.15, -0.1) is 11.6 Å². The van der Waals surface area contributed by atoms with Crippen LogP contribution in [0, 0.1) is 0 Å². The molecule has 0 amide bonds. The van der Waals surface area contributed by atoms with E-state index in [0.29, 0.717) is 5.88 Å². The van der Waals surface area contributed by atoms with Gasteiger partial charge in [0, 0.05) is 19.1 Å². The van der Waals surface area contributed by atoms with Crippen molar-refractivity contribution in [2.75, 3.05) is 14.2 Å². The summed E-state index contributed by atoms with van der Waals surface area (Å²) < 4.78 is 4.75. The average molecular weight is 294 g/mol. The number of methoxy groups -OCH3 is 1. The molecule has 2 rings (SSSR count). The first kappa shape index (κ1) is 14.4. The van der Waals surface area contributed by atoms with E-state index < -0.39 is 5.97 Å². The van der Waals surface area contributed by atoms with Gasteiger partial charge in [0.1, 0.15) is 0 Å². The fourth-order valence-corrected chi connectivity index (χ4v) is 2.31. The van der Waals surface area contributed by atoms with Crippen LogP contribution in [-0.4, -0.2) is 31.2 Å². The molecule has 1 aromatic rings. The van der Waals surface area contributed by atoms with Crippen LogP contribution in [0.2, 0.25) is 0 Å². The molecule has 0 spiro atoms. The van der Waals surface area contributed by atoms with Gasteiger partial charge in [0.05, 0.1) is 13.2 Å². The zero-order chi connectivity index (χ0) is 14.7. The lowest BCUT2D eigenvalue weighted by molar-refractivity contribution is -0.138. The highest BCUT2D eigenvalue weighted by atomic mass is 35.5. The van der Waals surface area contributed by atoms with Crippen molar-refractivity contribution in [1.29, 1.82) is 0 Å². The third-order valence-corrected chi connectivity index (χ3v) is 3.50. The minimum absolute atomic E-state index is 0.157. The Kier molecular flexibility index (Phi) is 4.29. The van der Waals surface area contributed by atoms with E-state index in [4.69, 9.17) is 22.1 Å². The van der Waals surface area contributed by atoms with Crippen molar-refractivity contribution in [3.63, 3.8) is 0 Å². The summed E-state index contributed by atoms with van der Waals surface area (Å²) in [6.45, 7) is 0. The predicted molar refractivity (Wildman–Crippen MR) is 78.2 cm³/mol. The molecular formula is C14H16ClN3O2. The Morgan fingerprint density at radius 3 is 2.95 bits per heavy atom. The minimum Gasteiger partial charge on any atom is -0.464 e. The summed E-state index contributed by atoms with van der Waals surface area (Å²) in [5.41, 5.74) is 8.02. The Hall–Kier alpha value is -2.01. The summed E-state index contributed by atoms with van der Waals surface area (Å²) >= 11 is 5.85. The van der Waals surface area contributed by atoms with Crippen LogP contribution in [0.4, 0.5) is 0 Å². The Morgan fingerprint density at radius 1 is 1.55 bits per heavy atom. The number of nitrogens with two attached hydrogens (primary N) is 1. The quantitative estimate of drug-likeness (QED) is 0.681. The van der Waals surface area contributed by atoms with Gasteiger partial charge in [-0.3, -0.25) is 0 Å². The van der Waals surface area contributed by atoms with Crippen LogP contribution in [-0.2, 0) is 15.4 Å². The molecule has 0 radical (unpaired) electrons. The van der Waals surface area contributed by atoms with E-state index >= 15 is 0 Å². The number of esters is 1. The molecule has 1 aliphatic heterocycles. The standard InChI is InChI=1S/C14H16ClN3O2/c1-18-11(10-5-3-4-9(6-10)7-15)8-17-13(16)12(18)14(19)20-2/h3-6,8,11H,7,16H2,1-2H3. The second-order valence-corrected chi connectivity index (χ2v) is 4.71. The molecule has 0 fully saturated rings. The number of likely N-dealkylation sites (N-methyl/N-ethyl adjacent to an activating group) is 1. The summed E-state index contributed by atoms with van der Waals surface area (Å²) in [6, 6.07) is 7.63. The smallest absolute Gasteiger partial charge is 0.358 e. The van der Waals surface area contributed by atoms with Crippen LogP contribution in [0.3, 0.4) is 0 Å². The van der Waals surface area contributed by atoms with E-state index in [1.165, 1.54) is 7.11 Å². The zero-order valence-electron chi connectivity index (χ0n) is 11.3. The van der Waals surface area contributed by atoms with Crippen LogP contribution < -0.4 is 5.73 Å². The van der Waals surface area contributed by atoms with Crippen LogP contribution >= 0.6 is 11.6 Å². The number of carbonyl (C=O) groups is 1. The van der Waals surface area contributed by atoms with Crippen molar-refractivity contribution in [3.05, 3.63) is 46.9 Å². The van der Waals surface area contributed by atoms with Gasteiger partial charge in [-0.2, -0.15) is 0 Å². The average Bonchev–Trinajstić information content (AvgIpc) is 2.47. The lowest BCUT2D eigenvalue weighted by atomic mass is 10.0. The third-order valence-electron chi connectivity index (χ3n) is 3.19. The van der Waals surface area contributed by atoms with Crippen LogP contribution in [0.5, 0.6) is 0 Å². The van der Waals surface area contributed by atoms with Gasteiger partial charge >= 0.3 is 5.97 Å². The van der Waals surface area contributed by atoms with Gasteiger partial charge in [-0.25, -0.2) is 9.79 Å². The maximum absolute atomic E-state index is 11.8. The molecule has 1 aliphatic rings. The fourth-order valence-electron chi connectivity index (χ4n) is 2.15. The van der Waals surface area contributed by atoms with E-state index in [1.807, 2.05) is 24.3 Å². The van der Waals surface area contributed by atoms with E-state index in [2.05, 4.69) is 4.99 Å². The van der Waals surface area contributed by atoms with Gasteiger partial charge in [0.25, 0.3) is 0 Å². The van der Waals surface area contributed by atoms with Crippen molar-refractivity contribution in [2.24, 2.45) is 10.7 Å². The lowest BCUT2D eigenvalue weighted by Gasteiger charge is -2.31. The first-order chi connectivity index (χ1) is 9.58. The maximum Gasteiger partial charge on any atom is 0.358 e. The molecule has 2 N–H and O–H groups in total. The van der Waals surface area contributed by atoms with Crippen molar-refractivity contribution in [2.45, 2.75) is 11.9 Å². The summed E-state index contributed by atoms with van der Waals surface area (Å²) in [5, 5.41) is 0. The topological polar surface area (TPSA) is 67.9 Å². The normalized spacial score (nSPS) is 18.4. The largest absolute Gasteiger partial charge is 0.464 e. The Morgan fingerprint density at radius 2 is 2.30 bits per heavy atom. The highest BCUT2D eigenvalue weighted by Crippen LogP contribution is 2.27. The number of ether oxygens (including phenoxy) is 1. The second kappa shape index (κ2) is 5.96. The van der Waals surface area contributed by atoms with Gasteiger partial charge in [-0.1, -0.05) is 24.3 Å². The number of hydrogen-bond donors (Lipinski definition) is 1. The van der Waals surface area contributed by atoms with Gasteiger partial charge in [-0.05, 0) is 11.1 Å². The number of benzene rings is 1. The first-order valence-electron chi connectivity index (χ1n) is 6.08. The van der Waals surface area contributed by atoms with E-state index in [1.54, 1.807) is 18.2 Å². The van der Waals surface area contributed by atoms with Crippen molar-refractivity contribution < 1.29 is 9.53 Å². The summed E-state index contributed by atoms with van der Waals surface area (Å²) in [6.07, 6.45) is 1.70. The van der Waals surface area contributed by atoms with E-state index in [-0.39, 0.29) is 17.6 Å². The molecule has 5 nitrogen and oxygen atoms in total. The molecule has 0 aliphatic carbocycles. The first-order valence-corrected chi connectivity index (χ1v) is 6.61. The molecule has 6 heteroatoms. The Bertz CT molecular complexity index is 584. The molecule has 20 heavy (non-hydrogen) atoms. The number of nitrogens with zero attached hydrogens (tertiary/aromatic N) is 2. The predicted octanol–water partition coefficient (Wildman–Crippen LogP) is 1.78. The molecule has 1 unspecified atom stereocenters. The molecule has 1 heterocycles. The highest BCUT2D eigenvalue weighted by Gasteiger charge is 2.28. The van der Waals surface area contributed by atoms with Gasteiger partial charge in [0.15, 0.2) is 11.5 Å². The Labute approximate surface area is 122 Å². The third kappa shape index (κ3) is 2.63. The monoisotopic (exact) mass is 293 g/mol. The second-order valence-electron chi connectivity index (χ2n) is 4.44. The SMILES string of the molecule is COC(=O)C1=C(N)N=CC(c2cccc(CCl)c2)N1C. The lowest BCUT2D eigenvalue weighted by Crippen LogP contribution is -2.35. The molecule has 0 saturated carbocycles. The van der Waals surface area contributed by atoms with Gasteiger partial charge < -0.3 is 15.4 Å². The fraction of sp³-hybridized carbons (Fsp3) is 0.286. The zero-order valence-corrected chi connectivity index (χ0v) is 12.1. The summed E-state index contributed by atoms with van der Waals surface area (Å²) in [7, 11) is 3.10. The van der Waals surface area contributed by atoms with Crippen molar-refractivity contribution in [3.8, 4) is 0 Å². The summed E-state index contributed by atoms with van der Waals surface area (Å²) in [5.74, 6) is 0.0907. The van der Waals surface area contributed by atoms with Crippen LogP contribution in [0.1, 0.15) is 17.2 Å². The molecule has 0 saturated heterocycles. The number of hydrogen-bond acceptors (Lipinski definition) is 5. The number of halogens is 1. The highest BCUT2D eigenvalue weighted by molar-refractivity contribution is 6.17. The Balaban J connectivity index is 2.36.